The Morgan fingerprint density at radius 1 is 1.33 bits per heavy atom. The monoisotopic (exact) mass is 209 g/mol. The lowest BCUT2D eigenvalue weighted by Gasteiger charge is -2.07. The van der Waals surface area contributed by atoms with Gasteiger partial charge in [0.2, 0.25) is 0 Å². The molecule has 5 nitrogen and oxygen atoms in total. The first-order valence-corrected chi connectivity index (χ1v) is 4.21. The number of amides is 1. The zero-order valence-electron chi connectivity index (χ0n) is 8.44. The molecular formula is C10H11NO4. The Morgan fingerprint density at radius 2 is 2.00 bits per heavy atom. The molecule has 0 bridgehead atoms. The molecule has 15 heavy (non-hydrogen) atoms. The van der Waals surface area contributed by atoms with Crippen molar-refractivity contribution in [1.29, 1.82) is 0 Å². The minimum Gasteiger partial charge on any atom is -0.497 e. The van der Waals surface area contributed by atoms with E-state index in [0.717, 1.165) is 0 Å². The Morgan fingerprint density at radius 3 is 2.47 bits per heavy atom. The molecule has 0 spiro atoms. The SMILES string of the molecule is COc1ccc(C(N)=O)c(OC(C)=O)c1. The lowest BCUT2D eigenvalue weighted by molar-refractivity contribution is -0.131. The van der Waals surface area contributed by atoms with Gasteiger partial charge in [-0.3, -0.25) is 9.59 Å². The van der Waals surface area contributed by atoms with Gasteiger partial charge < -0.3 is 15.2 Å². The van der Waals surface area contributed by atoms with Gasteiger partial charge in [0.05, 0.1) is 12.7 Å². The second-order valence-corrected chi connectivity index (χ2v) is 2.82. The molecule has 0 heterocycles. The maximum Gasteiger partial charge on any atom is 0.308 e. The van der Waals surface area contributed by atoms with E-state index >= 15 is 0 Å². The fraction of sp³-hybridized carbons (Fsp3) is 0.200. The highest BCUT2D eigenvalue weighted by Gasteiger charge is 2.12. The first-order valence-electron chi connectivity index (χ1n) is 4.21. The Bertz CT molecular complexity index is 400. The zero-order chi connectivity index (χ0) is 11.4. The van der Waals surface area contributed by atoms with Crippen LogP contribution < -0.4 is 15.2 Å². The topological polar surface area (TPSA) is 78.6 Å². The van der Waals surface area contributed by atoms with E-state index < -0.39 is 11.9 Å². The molecule has 0 radical (unpaired) electrons. The second-order valence-electron chi connectivity index (χ2n) is 2.82. The molecule has 0 aromatic heterocycles. The Labute approximate surface area is 86.8 Å². The van der Waals surface area contributed by atoms with Crippen LogP contribution in [0.4, 0.5) is 0 Å². The van der Waals surface area contributed by atoms with Gasteiger partial charge in [-0.15, -0.1) is 0 Å². The average Bonchev–Trinajstić information content (AvgIpc) is 2.16. The number of carbonyl (C=O) groups is 2. The number of esters is 1. The zero-order valence-corrected chi connectivity index (χ0v) is 8.44. The highest BCUT2D eigenvalue weighted by Crippen LogP contribution is 2.24. The second kappa shape index (κ2) is 4.45. The molecule has 0 saturated heterocycles. The number of ether oxygens (including phenoxy) is 2. The van der Waals surface area contributed by atoms with Gasteiger partial charge in [0.15, 0.2) is 0 Å². The highest BCUT2D eigenvalue weighted by atomic mass is 16.5. The van der Waals surface area contributed by atoms with Crippen molar-refractivity contribution in [2.45, 2.75) is 6.92 Å². The maximum atomic E-state index is 11.0. The van der Waals surface area contributed by atoms with E-state index in [0.29, 0.717) is 5.75 Å². The number of hydrogen-bond acceptors (Lipinski definition) is 4. The number of carbonyl (C=O) groups excluding carboxylic acids is 2. The number of rotatable bonds is 3. The standard InChI is InChI=1S/C10H11NO4/c1-6(12)15-9-5-7(14-2)3-4-8(9)10(11)13/h3-5H,1-2H3,(H2,11,13). The van der Waals surface area contributed by atoms with Gasteiger partial charge in [-0.05, 0) is 12.1 Å². The van der Waals surface area contributed by atoms with Gasteiger partial charge in [-0.1, -0.05) is 0 Å². The first-order chi connectivity index (χ1) is 7.04. The molecular weight excluding hydrogens is 198 g/mol. The number of methoxy groups -OCH3 is 1. The average molecular weight is 209 g/mol. The van der Waals surface area contributed by atoms with Crippen LogP contribution in [0.5, 0.6) is 11.5 Å². The third-order valence-electron chi connectivity index (χ3n) is 1.71. The summed E-state index contributed by atoms with van der Waals surface area (Å²) in [6.07, 6.45) is 0. The quantitative estimate of drug-likeness (QED) is 0.587. The molecule has 0 aliphatic carbocycles. The van der Waals surface area contributed by atoms with Crippen LogP contribution in [0.2, 0.25) is 0 Å². The van der Waals surface area contributed by atoms with Crippen molar-refractivity contribution in [2.24, 2.45) is 5.73 Å². The van der Waals surface area contributed by atoms with Crippen molar-refractivity contribution in [3.63, 3.8) is 0 Å². The smallest absolute Gasteiger partial charge is 0.308 e. The van der Waals surface area contributed by atoms with Crippen molar-refractivity contribution in [3.8, 4) is 11.5 Å². The van der Waals surface area contributed by atoms with Crippen LogP contribution in [0.3, 0.4) is 0 Å². The minimum absolute atomic E-state index is 0.106. The maximum absolute atomic E-state index is 11.0. The van der Waals surface area contributed by atoms with Gasteiger partial charge in [-0.2, -0.15) is 0 Å². The summed E-state index contributed by atoms with van der Waals surface area (Å²) >= 11 is 0. The summed E-state index contributed by atoms with van der Waals surface area (Å²) in [7, 11) is 1.47. The summed E-state index contributed by atoms with van der Waals surface area (Å²) in [5, 5.41) is 0. The van der Waals surface area contributed by atoms with Crippen LogP contribution >= 0.6 is 0 Å². The fourth-order valence-corrected chi connectivity index (χ4v) is 1.07. The van der Waals surface area contributed by atoms with Gasteiger partial charge in [0, 0.05) is 13.0 Å². The Kier molecular flexibility index (Phi) is 3.28. The van der Waals surface area contributed by atoms with Gasteiger partial charge in [-0.25, -0.2) is 0 Å². The highest BCUT2D eigenvalue weighted by molar-refractivity contribution is 5.96. The third kappa shape index (κ3) is 2.70. The molecule has 2 N–H and O–H groups in total. The van der Waals surface area contributed by atoms with Crippen LogP contribution in [0.25, 0.3) is 0 Å². The van der Waals surface area contributed by atoms with E-state index in [1.807, 2.05) is 0 Å². The third-order valence-corrected chi connectivity index (χ3v) is 1.71. The minimum atomic E-state index is -0.658. The largest absolute Gasteiger partial charge is 0.497 e. The molecule has 1 aromatic carbocycles. The summed E-state index contributed by atoms with van der Waals surface area (Å²) < 4.78 is 9.76. The van der Waals surface area contributed by atoms with Gasteiger partial charge in [0.25, 0.3) is 5.91 Å². The van der Waals surface area contributed by atoms with Crippen LogP contribution in [0, 0.1) is 0 Å². The number of hydrogen-bond donors (Lipinski definition) is 1. The first kappa shape index (κ1) is 11.0. The van der Waals surface area contributed by atoms with Crippen LogP contribution in [0.15, 0.2) is 18.2 Å². The summed E-state index contributed by atoms with van der Waals surface area (Å²) in [5.74, 6) is -0.592. The molecule has 0 unspecified atom stereocenters. The molecule has 0 saturated carbocycles. The van der Waals surface area contributed by atoms with E-state index in [4.69, 9.17) is 15.2 Å². The van der Waals surface area contributed by atoms with Crippen molar-refractivity contribution >= 4 is 11.9 Å². The van der Waals surface area contributed by atoms with Crippen molar-refractivity contribution in [2.75, 3.05) is 7.11 Å². The summed E-state index contributed by atoms with van der Waals surface area (Å²) in [6.45, 7) is 1.24. The summed E-state index contributed by atoms with van der Waals surface area (Å²) in [5.41, 5.74) is 5.26. The molecule has 1 amide bonds. The molecule has 0 aliphatic heterocycles. The van der Waals surface area contributed by atoms with Crippen LogP contribution in [0.1, 0.15) is 17.3 Å². The van der Waals surface area contributed by atoms with E-state index in [1.54, 1.807) is 6.07 Å². The predicted octanol–water partition coefficient (Wildman–Crippen LogP) is 0.719. The number of primary amides is 1. The molecule has 5 heteroatoms. The Balaban J connectivity index is 3.16. The molecule has 0 aliphatic rings. The van der Waals surface area contributed by atoms with Gasteiger partial charge in [0.1, 0.15) is 11.5 Å². The lowest BCUT2D eigenvalue weighted by Crippen LogP contribution is -2.14. The molecule has 1 aromatic rings. The normalized spacial score (nSPS) is 9.47. The molecule has 1 rings (SSSR count). The lowest BCUT2D eigenvalue weighted by atomic mass is 10.2. The summed E-state index contributed by atoms with van der Waals surface area (Å²) in [4.78, 5) is 21.8. The molecule has 0 fully saturated rings. The molecule has 0 atom stereocenters. The number of nitrogens with two attached hydrogens (primary N) is 1. The van der Waals surface area contributed by atoms with E-state index in [9.17, 15) is 9.59 Å². The fourth-order valence-electron chi connectivity index (χ4n) is 1.07. The Hall–Kier alpha value is -2.04. The summed E-state index contributed by atoms with van der Waals surface area (Å²) in [6, 6.07) is 4.44. The van der Waals surface area contributed by atoms with Gasteiger partial charge >= 0.3 is 5.97 Å². The molecule has 80 valence electrons. The number of benzene rings is 1. The van der Waals surface area contributed by atoms with E-state index in [2.05, 4.69) is 0 Å². The van der Waals surface area contributed by atoms with Crippen molar-refractivity contribution < 1.29 is 19.1 Å². The van der Waals surface area contributed by atoms with Crippen molar-refractivity contribution in [3.05, 3.63) is 23.8 Å². The predicted molar refractivity (Wildman–Crippen MR) is 52.8 cm³/mol. The van der Waals surface area contributed by atoms with Crippen LogP contribution in [-0.4, -0.2) is 19.0 Å². The van der Waals surface area contributed by atoms with Crippen molar-refractivity contribution in [1.82, 2.24) is 0 Å². The van der Waals surface area contributed by atoms with E-state index in [1.165, 1.54) is 26.2 Å². The van der Waals surface area contributed by atoms with E-state index in [-0.39, 0.29) is 11.3 Å². The van der Waals surface area contributed by atoms with Crippen LogP contribution in [-0.2, 0) is 4.79 Å².